The SMILES string of the molecule is C=C(NSc1cc(C)cnc1C)C1=Cc2ccc(N(C)C)cc2C1. The number of benzene rings is 1. The monoisotopic (exact) mass is 337 g/mol. The second kappa shape index (κ2) is 6.73. The van der Waals surface area contributed by atoms with Crippen molar-refractivity contribution in [2.75, 3.05) is 19.0 Å². The minimum absolute atomic E-state index is 0.925. The molecule has 0 saturated heterocycles. The molecule has 3 nitrogen and oxygen atoms in total. The standard InChI is InChI=1S/C20H23N3S/c1-13-8-20(15(3)21-12-13)24-22-14(2)17-9-16-6-7-19(23(4)5)11-18(16)10-17/h6-9,11-12,22H,2,10H2,1,3-5H3. The zero-order valence-electron chi connectivity index (χ0n) is 14.7. The number of pyridine rings is 1. The van der Waals surface area contributed by atoms with E-state index < -0.39 is 0 Å². The number of fused-ring (bicyclic) bond motifs is 1. The maximum Gasteiger partial charge on any atom is 0.0526 e. The predicted molar refractivity (Wildman–Crippen MR) is 104 cm³/mol. The highest BCUT2D eigenvalue weighted by Gasteiger charge is 2.16. The molecule has 0 bridgehead atoms. The maximum atomic E-state index is 4.40. The van der Waals surface area contributed by atoms with Crippen molar-refractivity contribution in [3.63, 3.8) is 0 Å². The van der Waals surface area contributed by atoms with Crippen LogP contribution in [0.4, 0.5) is 5.69 Å². The number of hydrogen-bond donors (Lipinski definition) is 1. The van der Waals surface area contributed by atoms with Crippen LogP contribution < -0.4 is 9.62 Å². The number of aromatic nitrogens is 1. The lowest BCUT2D eigenvalue weighted by Crippen LogP contribution is -2.09. The van der Waals surface area contributed by atoms with Gasteiger partial charge in [-0.1, -0.05) is 12.6 Å². The molecule has 0 aliphatic heterocycles. The average Bonchev–Trinajstić information content (AvgIpc) is 2.98. The first kappa shape index (κ1) is 16.7. The third-order valence-corrected chi connectivity index (χ3v) is 5.18. The van der Waals surface area contributed by atoms with Crippen LogP contribution in [0.15, 0.2) is 53.2 Å². The second-order valence-electron chi connectivity index (χ2n) is 6.40. The molecular weight excluding hydrogens is 314 g/mol. The predicted octanol–water partition coefficient (Wildman–Crippen LogP) is 4.51. The van der Waals surface area contributed by atoms with Crippen molar-refractivity contribution < 1.29 is 0 Å². The van der Waals surface area contributed by atoms with Crippen LogP contribution in [0.25, 0.3) is 6.08 Å². The molecule has 1 heterocycles. The van der Waals surface area contributed by atoms with Crippen LogP contribution >= 0.6 is 11.9 Å². The number of aryl methyl sites for hydroxylation is 2. The molecule has 24 heavy (non-hydrogen) atoms. The van der Waals surface area contributed by atoms with Gasteiger partial charge in [0.15, 0.2) is 0 Å². The Morgan fingerprint density at radius 1 is 1.25 bits per heavy atom. The van der Waals surface area contributed by atoms with Gasteiger partial charge < -0.3 is 9.62 Å². The van der Waals surface area contributed by atoms with Gasteiger partial charge in [0.05, 0.1) is 5.69 Å². The molecule has 0 atom stereocenters. The van der Waals surface area contributed by atoms with Gasteiger partial charge in [0.2, 0.25) is 0 Å². The van der Waals surface area contributed by atoms with Gasteiger partial charge in [-0.25, -0.2) is 0 Å². The first-order valence-corrected chi connectivity index (χ1v) is 8.82. The summed E-state index contributed by atoms with van der Waals surface area (Å²) in [6.45, 7) is 8.30. The molecule has 1 aliphatic rings. The fourth-order valence-corrected chi connectivity index (χ4v) is 3.51. The highest BCUT2D eigenvalue weighted by Crippen LogP contribution is 2.32. The van der Waals surface area contributed by atoms with Gasteiger partial charge in [-0.3, -0.25) is 4.98 Å². The van der Waals surface area contributed by atoms with E-state index in [0.29, 0.717) is 0 Å². The lowest BCUT2D eigenvalue weighted by Gasteiger charge is -2.14. The van der Waals surface area contributed by atoms with Crippen LogP contribution in [0.2, 0.25) is 0 Å². The number of rotatable bonds is 5. The largest absolute Gasteiger partial charge is 0.378 e. The van der Waals surface area contributed by atoms with Gasteiger partial charge in [0, 0.05) is 43.0 Å². The van der Waals surface area contributed by atoms with Crippen LogP contribution in [0.1, 0.15) is 22.4 Å². The van der Waals surface area contributed by atoms with E-state index >= 15 is 0 Å². The molecular formula is C20H23N3S. The van der Waals surface area contributed by atoms with Gasteiger partial charge in [-0.15, -0.1) is 0 Å². The highest BCUT2D eigenvalue weighted by atomic mass is 32.2. The lowest BCUT2D eigenvalue weighted by atomic mass is 10.1. The molecule has 1 aromatic heterocycles. The van der Waals surface area contributed by atoms with Crippen LogP contribution in [0.5, 0.6) is 0 Å². The number of anilines is 1. The number of hydrogen-bond acceptors (Lipinski definition) is 4. The number of nitrogens with one attached hydrogen (secondary N) is 1. The van der Waals surface area contributed by atoms with E-state index in [2.05, 4.69) is 72.5 Å². The molecule has 1 N–H and O–H groups in total. The van der Waals surface area contributed by atoms with Gasteiger partial charge in [0.1, 0.15) is 0 Å². The minimum Gasteiger partial charge on any atom is -0.378 e. The summed E-state index contributed by atoms with van der Waals surface area (Å²) in [6, 6.07) is 8.75. The minimum atomic E-state index is 0.925. The van der Waals surface area contributed by atoms with Crippen molar-refractivity contribution in [1.82, 2.24) is 9.71 Å². The first-order chi connectivity index (χ1) is 11.4. The Hall–Kier alpha value is -2.20. The second-order valence-corrected chi connectivity index (χ2v) is 7.25. The van der Waals surface area contributed by atoms with E-state index in [1.165, 1.54) is 28.0 Å². The summed E-state index contributed by atoms with van der Waals surface area (Å²) < 4.78 is 3.38. The number of allylic oxidation sites excluding steroid dienone is 1. The summed E-state index contributed by atoms with van der Waals surface area (Å²) in [5.41, 5.74) is 8.28. The van der Waals surface area contributed by atoms with E-state index in [1.807, 2.05) is 13.1 Å². The lowest BCUT2D eigenvalue weighted by molar-refractivity contribution is 1.07. The normalized spacial score (nSPS) is 12.6. The number of nitrogens with zero attached hydrogens (tertiary/aromatic N) is 2. The summed E-state index contributed by atoms with van der Waals surface area (Å²) in [4.78, 5) is 7.68. The topological polar surface area (TPSA) is 28.2 Å². The zero-order chi connectivity index (χ0) is 17.3. The van der Waals surface area contributed by atoms with E-state index in [1.54, 1.807) is 11.9 Å². The Bertz CT molecular complexity index is 822. The van der Waals surface area contributed by atoms with Crippen molar-refractivity contribution in [2.24, 2.45) is 0 Å². The first-order valence-electron chi connectivity index (χ1n) is 8.00. The van der Waals surface area contributed by atoms with Crippen LogP contribution in [-0.4, -0.2) is 19.1 Å². The van der Waals surface area contributed by atoms with Crippen molar-refractivity contribution in [1.29, 1.82) is 0 Å². The molecule has 124 valence electrons. The molecule has 0 amide bonds. The fourth-order valence-electron chi connectivity index (χ4n) is 2.70. The van der Waals surface area contributed by atoms with Crippen molar-refractivity contribution >= 4 is 23.7 Å². The third kappa shape index (κ3) is 3.49. The van der Waals surface area contributed by atoms with Crippen molar-refractivity contribution in [3.05, 3.63) is 70.7 Å². The van der Waals surface area contributed by atoms with Crippen molar-refractivity contribution in [3.8, 4) is 0 Å². The molecule has 0 radical (unpaired) electrons. The summed E-state index contributed by atoms with van der Waals surface area (Å²) in [7, 11) is 4.14. The molecule has 1 aliphatic carbocycles. The third-order valence-electron chi connectivity index (χ3n) is 4.20. The maximum absolute atomic E-state index is 4.40. The molecule has 3 rings (SSSR count). The quantitative estimate of drug-likeness (QED) is 0.812. The van der Waals surface area contributed by atoms with Gasteiger partial charge in [-0.2, -0.15) is 0 Å². The van der Waals surface area contributed by atoms with E-state index in [4.69, 9.17) is 0 Å². The Morgan fingerprint density at radius 3 is 2.79 bits per heavy atom. The summed E-state index contributed by atoms with van der Waals surface area (Å²) in [5, 5.41) is 0. The molecule has 0 saturated carbocycles. The summed E-state index contributed by atoms with van der Waals surface area (Å²) in [5.74, 6) is 0. The van der Waals surface area contributed by atoms with E-state index in [0.717, 1.165) is 22.7 Å². The van der Waals surface area contributed by atoms with Crippen LogP contribution in [-0.2, 0) is 6.42 Å². The van der Waals surface area contributed by atoms with Crippen LogP contribution in [0.3, 0.4) is 0 Å². The summed E-state index contributed by atoms with van der Waals surface area (Å²) in [6.07, 6.45) is 5.05. The van der Waals surface area contributed by atoms with Gasteiger partial charge in [0.25, 0.3) is 0 Å². The van der Waals surface area contributed by atoms with E-state index in [-0.39, 0.29) is 0 Å². The Morgan fingerprint density at radius 2 is 2.04 bits per heavy atom. The molecule has 1 aromatic carbocycles. The van der Waals surface area contributed by atoms with Crippen molar-refractivity contribution in [2.45, 2.75) is 25.2 Å². The smallest absolute Gasteiger partial charge is 0.0526 e. The van der Waals surface area contributed by atoms with E-state index in [9.17, 15) is 0 Å². The molecule has 0 fully saturated rings. The Kier molecular flexibility index (Phi) is 4.67. The molecule has 4 heteroatoms. The van der Waals surface area contributed by atoms with Gasteiger partial charge >= 0.3 is 0 Å². The molecule has 2 aromatic rings. The molecule has 0 unspecified atom stereocenters. The van der Waals surface area contributed by atoms with Gasteiger partial charge in [-0.05, 0) is 72.3 Å². The molecule has 0 spiro atoms. The average molecular weight is 337 g/mol. The van der Waals surface area contributed by atoms with Crippen LogP contribution in [0, 0.1) is 13.8 Å². The Labute approximate surface area is 148 Å². The highest BCUT2D eigenvalue weighted by molar-refractivity contribution is 7.97. The fraction of sp³-hybridized carbons (Fsp3) is 0.250. The zero-order valence-corrected chi connectivity index (χ0v) is 15.5. The summed E-state index contributed by atoms with van der Waals surface area (Å²) >= 11 is 1.58. The Balaban J connectivity index is 1.67.